The summed E-state index contributed by atoms with van der Waals surface area (Å²) in [7, 11) is -11.3. The first-order chi connectivity index (χ1) is 5.52. The van der Waals surface area contributed by atoms with Crippen LogP contribution in [0.4, 0.5) is 13.2 Å². The third kappa shape index (κ3) is 3.28. The maximum atomic E-state index is 11.4. The van der Waals surface area contributed by atoms with Gasteiger partial charge in [0.15, 0.2) is 0 Å². The van der Waals surface area contributed by atoms with Crippen LogP contribution in [0.2, 0.25) is 0 Å². The second kappa shape index (κ2) is 3.23. The Kier molecular flexibility index (Phi) is 3.06. The molecule has 0 aliphatic heterocycles. The molecule has 0 spiro atoms. The molecule has 0 radical (unpaired) electrons. The molecule has 0 aliphatic rings. The Hall–Kier alpha value is -0.680. The van der Waals surface area contributed by atoms with E-state index in [2.05, 4.69) is 3.63 Å². The van der Waals surface area contributed by atoms with Crippen LogP contribution >= 0.6 is 0 Å². The molecule has 1 N–H and O–H groups in total. The van der Waals surface area contributed by atoms with E-state index in [9.17, 15) is 30.0 Å². The van der Waals surface area contributed by atoms with Crippen molar-refractivity contribution in [3.8, 4) is 0 Å². The maximum absolute atomic E-state index is 11.4. The largest absolute Gasteiger partial charge is 0.524 e. The van der Waals surface area contributed by atoms with Crippen LogP contribution in [0.1, 0.15) is 0 Å². The average Bonchev–Trinajstić information content (AvgIpc) is 1.83. The molecule has 0 rings (SSSR count). The molecule has 0 fully saturated rings. The predicted molar refractivity (Wildman–Crippen MR) is 33.8 cm³/mol. The Labute approximate surface area is 71.1 Å². The summed E-state index contributed by atoms with van der Waals surface area (Å²) < 4.78 is 77.3. The first kappa shape index (κ1) is 12.3. The lowest BCUT2D eigenvalue weighted by atomic mass is 11.6. The van der Waals surface area contributed by atoms with Crippen LogP contribution in [0.5, 0.6) is 0 Å². The number of rotatable bonds is 3. The smallest absolute Gasteiger partial charge is 0.295 e. The van der Waals surface area contributed by atoms with Gasteiger partial charge in [-0.3, -0.25) is 5.41 Å². The molecule has 0 heterocycles. The third-order valence-electron chi connectivity index (χ3n) is 0.612. The molecular weight excluding hydrogens is 239 g/mol. The van der Waals surface area contributed by atoms with E-state index in [4.69, 9.17) is 5.41 Å². The fourth-order valence-electron chi connectivity index (χ4n) is 0.183. The van der Waals surface area contributed by atoms with Crippen molar-refractivity contribution in [1.82, 2.24) is 0 Å². The normalized spacial score (nSPS) is 14.1. The highest BCUT2D eigenvalue weighted by atomic mass is 32.3. The van der Waals surface area contributed by atoms with E-state index in [-0.39, 0.29) is 0 Å². The highest BCUT2D eigenvalue weighted by molar-refractivity contribution is 8.07. The summed E-state index contributed by atoms with van der Waals surface area (Å²) in [5, 5.41) is 6.02. The highest BCUT2D eigenvalue weighted by Gasteiger charge is 2.50. The summed E-state index contributed by atoms with van der Waals surface area (Å²) in [6.45, 7) is 0. The number of hydrogen-bond donors (Lipinski definition) is 1. The molecule has 0 aromatic rings. The van der Waals surface area contributed by atoms with Crippen molar-refractivity contribution in [2.45, 2.75) is 5.51 Å². The van der Waals surface area contributed by atoms with Gasteiger partial charge in [0.25, 0.3) is 0 Å². The minimum Gasteiger partial charge on any atom is -0.295 e. The lowest BCUT2D eigenvalue weighted by molar-refractivity contribution is -0.0497. The Morgan fingerprint density at radius 2 is 1.54 bits per heavy atom. The van der Waals surface area contributed by atoms with Gasteiger partial charge in [-0.1, -0.05) is 0 Å². The maximum Gasteiger partial charge on any atom is 0.524 e. The van der Waals surface area contributed by atoms with E-state index in [0.717, 1.165) is 0 Å². The summed E-state index contributed by atoms with van der Waals surface area (Å²) in [5.41, 5.74) is -6.39. The van der Waals surface area contributed by atoms with Gasteiger partial charge in [-0.25, -0.2) is 0 Å². The third-order valence-corrected chi connectivity index (χ3v) is 2.94. The van der Waals surface area contributed by atoms with Crippen molar-refractivity contribution < 1.29 is 33.6 Å². The topological polar surface area (TPSA) is 101 Å². The van der Waals surface area contributed by atoms with Crippen molar-refractivity contribution >= 4 is 25.8 Å². The Balaban J connectivity index is 5.08. The summed E-state index contributed by atoms with van der Waals surface area (Å²) in [6, 6.07) is 0. The van der Waals surface area contributed by atoms with Crippen LogP contribution in [0, 0.1) is 5.41 Å². The lowest BCUT2D eigenvalue weighted by Crippen LogP contribution is -2.28. The van der Waals surface area contributed by atoms with E-state index < -0.39 is 31.3 Å². The van der Waals surface area contributed by atoms with Crippen LogP contribution < -0.4 is 0 Å². The number of halogens is 3. The monoisotopic (exact) mass is 241 g/mol. The standard InChI is InChI=1S/C2H2F3NO5S2/c3-2(4,5)13(9,10)11-12(7,8)1-6/h1,6H. The van der Waals surface area contributed by atoms with Gasteiger partial charge >= 0.3 is 25.7 Å². The van der Waals surface area contributed by atoms with Crippen molar-refractivity contribution in [3.05, 3.63) is 0 Å². The summed E-state index contributed by atoms with van der Waals surface area (Å²) in [4.78, 5) is 0. The Bertz CT molecular complexity index is 390. The van der Waals surface area contributed by atoms with Crippen molar-refractivity contribution in [3.63, 3.8) is 0 Å². The molecule has 0 aromatic carbocycles. The van der Waals surface area contributed by atoms with Crippen LogP contribution in [0.15, 0.2) is 0 Å². The number of nitrogens with one attached hydrogen (secondary N) is 1. The fourth-order valence-corrected chi connectivity index (χ4v) is 1.65. The van der Waals surface area contributed by atoms with Crippen molar-refractivity contribution in [1.29, 1.82) is 5.41 Å². The van der Waals surface area contributed by atoms with Gasteiger partial charge in [0, 0.05) is 0 Å². The number of hydrogen-bond acceptors (Lipinski definition) is 6. The highest BCUT2D eigenvalue weighted by Crippen LogP contribution is 2.25. The molecule has 13 heavy (non-hydrogen) atoms. The second-order valence-electron chi connectivity index (χ2n) is 1.58. The molecular formula is C2H2F3NO5S2. The molecule has 0 unspecified atom stereocenters. The predicted octanol–water partition coefficient (Wildman–Crippen LogP) is -0.211. The summed E-state index contributed by atoms with van der Waals surface area (Å²) >= 11 is 0. The van der Waals surface area contributed by atoms with E-state index in [1.165, 1.54) is 0 Å². The van der Waals surface area contributed by atoms with Crippen molar-refractivity contribution in [2.75, 3.05) is 0 Å². The molecule has 0 aromatic heterocycles. The Morgan fingerprint density at radius 1 is 1.15 bits per heavy atom. The van der Waals surface area contributed by atoms with Gasteiger partial charge < -0.3 is 0 Å². The lowest BCUT2D eigenvalue weighted by Gasteiger charge is -2.04. The first-order valence-electron chi connectivity index (χ1n) is 2.30. The van der Waals surface area contributed by atoms with Crippen LogP contribution in [0.3, 0.4) is 0 Å². The minimum atomic E-state index is -6.21. The van der Waals surface area contributed by atoms with Gasteiger partial charge in [0.2, 0.25) is 0 Å². The fraction of sp³-hybridized carbons (Fsp3) is 0.500. The molecule has 0 atom stereocenters. The van der Waals surface area contributed by atoms with E-state index in [1.807, 2.05) is 0 Å². The van der Waals surface area contributed by atoms with Gasteiger partial charge in [-0.15, -0.1) is 3.63 Å². The van der Waals surface area contributed by atoms with Gasteiger partial charge in [-0.2, -0.15) is 30.0 Å². The molecule has 11 heteroatoms. The number of alkyl halides is 3. The molecule has 6 nitrogen and oxygen atoms in total. The van der Waals surface area contributed by atoms with E-state index in [0.29, 0.717) is 0 Å². The van der Waals surface area contributed by atoms with Gasteiger partial charge in [0.1, 0.15) is 5.55 Å². The SMILES string of the molecule is N=CS(=O)(=O)OS(=O)(=O)C(F)(F)F. The zero-order chi connectivity index (χ0) is 10.9. The molecule has 78 valence electrons. The molecule has 0 aliphatic carbocycles. The zero-order valence-corrected chi connectivity index (χ0v) is 7.20. The molecule has 0 bridgehead atoms. The second-order valence-corrected chi connectivity index (χ2v) is 4.72. The molecule has 0 amide bonds. The summed E-state index contributed by atoms with van der Waals surface area (Å²) in [5.74, 6) is 0. The Morgan fingerprint density at radius 3 is 1.77 bits per heavy atom. The quantitative estimate of drug-likeness (QED) is 0.418. The minimum absolute atomic E-state index is 0.559. The van der Waals surface area contributed by atoms with Gasteiger partial charge in [0.05, 0.1) is 0 Å². The zero-order valence-electron chi connectivity index (χ0n) is 5.57. The summed E-state index contributed by atoms with van der Waals surface area (Å²) in [6.07, 6.45) is 0. The van der Waals surface area contributed by atoms with Gasteiger partial charge in [-0.05, 0) is 0 Å². The van der Waals surface area contributed by atoms with E-state index in [1.54, 1.807) is 0 Å². The molecule has 0 saturated heterocycles. The van der Waals surface area contributed by atoms with Crippen LogP contribution in [-0.4, -0.2) is 27.9 Å². The first-order valence-corrected chi connectivity index (χ1v) is 5.18. The van der Waals surface area contributed by atoms with Crippen molar-refractivity contribution in [2.24, 2.45) is 0 Å². The van der Waals surface area contributed by atoms with Crippen LogP contribution in [-0.2, 0) is 23.9 Å². The van der Waals surface area contributed by atoms with Crippen LogP contribution in [0.25, 0.3) is 0 Å². The average molecular weight is 241 g/mol. The van der Waals surface area contributed by atoms with E-state index >= 15 is 0 Å². The molecule has 0 saturated carbocycles.